The fourth-order valence-corrected chi connectivity index (χ4v) is 10.1. The van der Waals surface area contributed by atoms with Gasteiger partial charge < -0.3 is 44.3 Å². The molecule has 6 rings (SSSR count). The second-order valence-electron chi connectivity index (χ2n) is 17.1. The molecule has 2 saturated carbocycles. The topological polar surface area (TPSA) is 221 Å². The normalized spacial score (nSPS) is 32.7. The molecule has 3 aliphatic carbocycles. The van der Waals surface area contributed by atoms with Crippen molar-refractivity contribution in [2.75, 3.05) is 6.61 Å². The van der Waals surface area contributed by atoms with E-state index < -0.39 is 113 Å². The Morgan fingerprint density at radius 2 is 1.56 bits per heavy atom. The zero-order chi connectivity index (χ0) is 45.0. The van der Waals surface area contributed by atoms with Crippen molar-refractivity contribution in [2.24, 2.45) is 16.7 Å². The van der Waals surface area contributed by atoms with Crippen LogP contribution >= 0.6 is 22.6 Å². The number of aliphatic hydroxyl groups excluding tert-OH is 2. The number of esters is 4. The molecule has 0 radical (unpaired) electrons. The van der Waals surface area contributed by atoms with Crippen molar-refractivity contribution < 1.29 is 67.8 Å². The molecule has 2 aromatic rings. The summed E-state index contributed by atoms with van der Waals surface area (Å²) in [6.07, 6.45) is -10.5. The third-order valence-corrected chi connectivity index (χ3v) is 14.0. The van der Waals surface area contributed by atoms with Crippen LogP contribution in [0.25, 0.3) is 0 Å². The van der Waals surface area contributed by atoms with Gasteiger partial charge in [-0.1, -0.05) is 91.5 Å². The van der Waals surface area contributed by atoms with E-state index in [1.807, 2.05) is 22.6 Å². The van der Waals surface area contributed by atoms with E-state index in [1.165, 1.54) is 26.0 Å². The average Bonchev–Trinajstić information content (AvgIpc) is 3.20. The smallest absolute Gasteiger partial charge is 0.338 e. The van der Waals surface area contributed by atoms with E-state index in [-0.39, 0.29) is 39.2 Å². The first-order valence-electron chi connectivity index (χ1n) is 20.0. The number of rotatable bonds is 11. The van der Waals surface area contributed by atoms with Gasteiger partial charge in [0, 0.05) is 41.6 Å². The molecule has 1 heterocycles. The van der Waals surface area contributed by atoms with Crippen LogP contribution in [0.1, 0.15) is 83.3 Å². The number of ketones is 1. The molecule has 2 aromatic carbocycles. The number of amides is 1. The van der Waals surface area contributed by atoms with E-state index in [2.05, 4.69) is 11.9 Å². The van der Waals surface area contributed by atoms with E-state index in [0.29, 0.717) is 5.56 Å². The van der Waals surface area contributed by atoms with Crippen LogP contribution in [0.4, 0.5) is 0 Å². The second-order valence-corrected chi connectivity index (χ2v) is 19.0. The Morgan fingerprint density at radius 3 is 2.10 bits per heavy atom. The largest absolute Gasteiger partial charge is 0.456 e. The maximum atomic E-state index is 15.5. The van der Waals surface area contributed by atoms with Gasteiger partial charge in [-0.25, -0.2) is 9.59 Å². The number of hydrogen-bond donors (Lipinski definition) is 4. The lowest BCUT2D eigenvalue weighted by Gasteiger charge is -2.67. The van der Waals surface area contributed by atoms with Crippen LogP contribution in [-0.4, -0.2) is 109 Å². The van der Waals surface area contributed by atoms with Gasteiger partial charge in [-0.15, -0.1) is 0 Å². The summed E-state index contributed by atoms with van der Waals surface area (Å²) in [6.45, 7) is 13.5. The number of benzene rings is 2. The Bertz CT molecular complexity index is 2140. The average molecular weight is 958 g/mol. The maximum Gasteiger partial charge on any atom is 0.338 e. The molecule has 0 spiro atoms. The third-order valence-electron chi connectivity index (χ3n) is 13.2. The molecule has 1 unspecified atom stereocenters. The van der Waals surface area contributed by atoms with E-state index >= 15 is 4.79 Å². The SMILES string of the molecule is C=C(C(=O)N[C@@H](c1ccccc1)[C@H](O)C(=O)O[C@H]1C[C@@]2(O)[C@@H](OC(=O)c3ccccc3)[C@@H]3[C@]4(OC(C)=O)CO[C@@H]4C[C@H](O)[C@@]3(C)C(=O)[C@H](OC(C)=O)C(=C1C)C2(C)C)C(C)I. The number of nitrogens with one attached hydrogen (secondary N) is 1. The van der Waals surface area contributed by atoms with Crippen molar-refractivity contribution in [1.29, 1.82) is 0 Å². The highest BCUT2D eigenvalue weighted by molar-refractivity contribution is 14.1. The van der Waals surface area contributed by atoms with Gasteiger partial charge in [-0.2, -0.15) is 0 Å². The van der Waals surface area contributed by atoms with Crippen molar-refractivity contribution in [3.8, 4) is 0 Å². The lowest BCUT2D eigenvalue weighted by Crippen LogP contribution is -2.82. The summed E-state index contributed by atoms with van der Waals surface area (Å²) < 4.78 is 29.9. The minimum atomic E-state index is -2.39. The summed E-state index contributed by atoms with van der Waals surface area (Å²) in [6, 6.07) is 14.7. The zero-order valence-electron chi connectivity index (χ0n) is 35.0. The van der Waals surface area contributed by atoms with Gasteiger partial charge in [0.25, 0.3) is 0 Å². The van der Waals surface area contributed by atoms with Gasteiger partial charge in [0.2, 0.25) is 5.91 Å². The number of carbonyl (C=O) groups excluding carboxylic acids is 6. The molecule has 16 heteroatoms. The highest BCUT2D eigenvalue weighted by Gasteiger charge is 2.78. The second kappa shape index (κ2) is 17.0. The van der Waals surface area contributed by atoms with Crippen LogP contribution < -0.4 is 5.32 Å². The van der Waals surface area contributed by atoms with E-state index in [4.69, 9.17) is 23.7 Å². The lowest BCUT2D eigenvalue weighted by molar-refractivity contribution is -0.346. The van der Waals surface area contributed by atoms with Gasteiger partial charge in [0.1, 0.15) is 23.9 Å². The van der Waals surface area contributed by atoms with E-state index in [0.717, 1.165) is 13.8 Å². The quantitative estimate of drug-likeness (QED) is 0.0629. The molecule has 4 aliphatic rings. The van der Waals surface area contributed by atoms with Gasteiger partial charge in [0.15, 0.2) is 23.6 Å². The zero-order valence-corrected chi connectivity index (χ0v) is 37.2. The molecule has 0 aromatic heterocycles. The molecule has 4 N–H and O–H groups in total. The summed E-state index contributed by atoms with van der Waals surface area (Å²) >= 11 is 2.01. The van der Waals surface area contributed by atoms with Crippen molar-refractivity contribution in [3.05, 3.63) is 95.1 Å². The van der Waals surface area contributed by atoms with Crippen molar-refractivity contribution in [2.45, 2.75) is 119 Å². The van der Waals surface area contributed by atoms with Crippen LogP contribution in [0.3, 0.4) is 0 Å². The van der Waals surface area contributed by atoms with Gasteiger partial charge >= 0.3 is 23.9 Å². The van der Waals surface area contributed by atoms with Gasteiger partial charge in [-0.05, 0) is 49.6 Å². The van der Waals surface area contributed by atoms with Gasteiger partial charge in [-0.3, -0.25) is 19.2 Å². The monoisotopic (exact) mass is 957 g/mol. The molecule has 1 saturated heterocycles. The molecule has 2 bridgehead atoms. The molecule has 3 fully saturated rings. The molecule has 1 aliphatic heterocycles. The molecule has 1 amide bonds. The number of aliphatic hydroxyl groups is 3. The molecular formula is C45H52INO14. The minimum absolute atomic E-state index is 0.00450. The minimum Gasteiger partial charge on any atom is -0.456 e. The first-order chi connectivity index (χ1) is 28.5. The Morgan fingerprint density at radius 1 is 0.951 bits per heavy atom. The molecular weight excluding hydrogens is 905 g/mol. The molecule has 328 valence electrons. The standard InChI is InChI=1S/C45H52INO14/c1-22(24(3)46)39(53)47-33(27-15-11-9-12-16-27)34(51)41(55)59-29-20-45(56)38(60-40(54)28-17-13-10-14-18-28)36-43(8,30(50)19-31-44(36,21-57-31)61-26(5)49)37(52)35(58-25(4)48)32(23(29)2)42(45,6)7/h9-18,24,29-31,33-36,38,50-51,56H,1,19-21H2,2-8H3,(H,47,53)/t24?,29-,30-,31+,33-,34-,35+,36-,38-,43+,44-,45+/m0/s1. The summed E-state index contributed by atoms with van der Waals surface area (Å²) in [4.78, 5) is 83.2. The summed E-state index contributed by atoms with van der Waals surface area (Å²) in [5, 5.41) is 40.1. The number of hydrogen-bond acceptors (Lipinski definition) is 14. The van der Waals surface area contributed by atoms with Crippen LogP contribution in [-0.2, 0) is 47.7 Å². The number of alkyl halides is 1. The summed E-state index contributed by atoms with van der Waals surface area (Å²) in [5.41, 5.74) is -7.10. The Hall–Kier alpha value is -4.49. The van der Waals surface area contributed by atoms with Gasteiger partial charge in [0.05, 0.1) is 35.6 Å². The lowest BCUT2D eigenvalue weighted by atomic mass is 9.44. The number of fused-ring (bicyclic) bond motifs is 5. The van der Waals surface area contributed by atoms with Crippen LogP contribution in [0.2, 0.25) is 0 Å². The molecule has 15 nitrogen and oxygen atoms in total. The van der Waals surface area contributed by atoms with Crippen LogP contribution in [0.5, 0.6) is 0 Å². The van der Waals surface area contributed by atoms with Crippen molar-refractivity contribution in [3.63, 3.8) is 0 Å². The van der Waals surface area contributed by atoms with Crippen LogP contribution in [0, 0.1) is 16.7 Å². The van der Waals surface area contributed by atoms with Crippen molar-refractivity contribution >= 4 is 58.2 Å². The highest BCUT2D eigenvalue weighted by atomic mass is 127. The number of Topliss-reactive ketones (excluding diaryl/α,β-unsaturated/α-hetero) is 1. The maximum absolute atomic E-state index is 15.5. The Balaban J connectivity index is 1.55. The highest BCUT2D eigenvalue weighted by Crippen LogP contribution is 2.64. The van der Waals surface area contributed by atoms with E-state index in [9.17, 15) is 39.3 Å². The van der Waals surface area contributed by atoms with Crippen LogP contribution in [0.15, 0.2) is 84.0 Å². The Kier molecular flexibility index (Phi) is 12.8. The number of halogens is 1. The summed E-state index contributed by atoms with van der Waals surface area (Å²) in [5.74, 6) is -6.88. The predicted molar refractivity (Wildman–Crippen MR) is 225 cm³/mol. The fourth-order valence-electron chi connectivity index (χ4n) is 9.78. The summed E-state index contributed by atoms with van der Waals surface area (Å²) in [7, 11) is 0. The van der Waals surface area contributed by atoms with Crippen molar-refractivity contribution in [1.82, 2.24) is 5.32 Å². The van der Waals surface area contributed by atoms with E-state index in [1.54, 1.807) is 69.3 Å². The first-order valence-corrected chi connectivity index (χ1v) is 21.2. The third kappa shape index (κ3) is 7.83. The molecule has 12 atom stereocenters. The first kappa shape index (κ1) is 46.0. The number of carbonyl (C=O) groups is 6. The molecule has 61 heavy (non-hydrogen) atoms. The predicted octanol–water partition coefficient (Wildman–Crippen LogP) is 3.80. The number of ether oxygens (including phenoxy) is 5. The Labute approximate surface area is 367 Å². The fraction of sp³-hybridized carbons (Fsp3) is 0.511.